The molecular formula is C24H23FN4O4. The summed E-state index contributed by atoms with van der Waals surface area (Å²) in [7, 11) is 0. The molecule has 3 heterocycles. The monoisotopic (exact) mass is 450 g/mol. The Morgan fingerprint density at radius 1 is 1.21 bits per heavy atom. The summed E-state index contributed by atoms with van der Waals surface area (Å²) >= 11 is 0. The summed E-state index contributed by atoms with van der Waals surface area (Å²) in [5.74, 6) is 0.275. The van der Waals surface area contributed by atoms with Crippen LogP contribution in [0.5, 0.6) is 17.2 Å². The van der Waals surface area contributed by atoms with Gasteiger partial charge in [0.1, 0.15) is 34.5 Å². The number of nitrogens with one attached hydrogen (secondary N) is 2. The second-order valence-electron chi connectivity index (χ2n) is 8.80. The second-order valence-corrected chi connectivity index (χ2v) is 8.80. The van der Waals surface area contributed by atoms with Gasteiger partial charge in [-0.1, -0.05) is 0 Å². The fourth-order valence-corrected chi connectivity index (χ4v) is 3.94. The van der Waals surface area contributed by atoms with Crippen LogP contribution in [-0.2, 0) is 6.42 Å². The van der Waals surface area contributed by atoms with E-state index in [1.165, 1.54) is 18.3 Å². The van der Waals surface area contributed by atoms with Crippen molar-refractivity contribution < 1.29 is 23.5 Å². The molecule has 3 aromatic rings. The van der Waals surface area contributed by atoms with Gasteiger partial charge in [-0.2, -0.15) is 5.10 Å². The van der Waals surface area contributed by atoms with Crippen molar-refractivity contribution in [2.75, 3.05) is 18.4 Å². The minimum absolute atomic E-state index is 0.0180. The van der Waals surface area contributed by atoms with Crippen LogP contribution in [-0.4, -0.2) is 45.6 Å². The van der Waals surface area contributed by atoms with E-state index in [-0.39, 0.29) is 23.1 Å². The van der Waals surface area contributed by atoms with Crippen LogP contribution in [0.25, 0.3) is 0 Å². The smallest absolute Gasteiger partial charge is 0.257 e. The normalized spacial score (nSPS) is 15.9. The van der Waals surface area contributed by atoms with Crippen molar-refractivity contribution in [2.45, 2.75) is 32.3 Å². The number of benzene rings is 2. The van der Waals surface area contributed by atoms with Crippen molar-refractivity contribution in [2.24, 2.45) is 0 Å². The largest absolute Gasteiger partial charge is 0.487 e. The molecule has 1 aromatic heterocycles. The summed E-state index contributed by atoms with van der Waals surface area (Å²) in [6.07, 6.45) is 3.03. The molecule has 1 saturated heterocycles. The van der Waals surface area contributed by atoms with Crippen LogP contribution in [0.2, 0.25) is 0 Å². The molecule has 5 rings (SSSR count). The lowest BCUT2D eigenvalue weighted by molar-refractivity contribution is 0.0646. The summed E-state index contributed by atoms with van der Waals surface area (Å²) in [5.41, 5.74) is 0.655. The summed E-state index contributed by atoms with van der Waals surface area (Å²) in [5, 5.41) is 9.21. The molecule has 170 valence electrons. The summed E-state index contributed by atoms with van der Waals surface area (Å²) in [4.78, 5) is 26.8. The molecule has 0 saturated carbocycles. The quantitative estimate of drug-likeness (QED) is 0.609. The molecule has 2 aliphatic heterocycles. The van der Waals surface area contributed by atoms with E-state index >= 15 is 0 Å². The maximum Gasteiger partial charge on any atom is 0.257 e. The number of aromatic nitrogens is 2. The number of halogens is 1. The number of H-pyrrole nitrogens is 1. The second kappa shape index (κ2) is 7.91. The van der Waals surface area contributed by atoms with Crippen LogP contribution in [0.15, 0.2) is 42.6 Å². The van der Waals surface area contributed by atoms with Crippen molar-refractivity contribution in [3.05, 3.63) is 65.1 Å². The highest BCUT2D eigenvalue weighted by Gasteiger charge is 2.34. The zero-order chi connectivity index (χ0) is 23.2. The Morgan fingerprint density at radius 3 is 2.70 bits per heavy atom. The number of hydrogen-bond donors (Lipinski definition) is 2. The van der Waals surface area contributed by atoms with Crippen molar-refractivity contribution in [1.82, 2.24) is 15.1 Å². The molecule has 0 spiro atoms. The molecule has 0 radical (unpaired) electrons. The number of anilines is 1. The van der Waals surface area contributed by atoms with Crippen molar-refractivity contribution in [3.63, 3.8) is 0 Å². The van der Waals surface area contributed by atoms with Gasteiger partial charge in [-0.3, -0.25) is 14.7 Å². The van der Waals surface area contributed by atoms with Crippen LogP contribution in [0.4, 0.5) is 10.2 Å². The Bertz CT molecular complexity index is 1240. The zero-order valence-electron chi connectivity index (χ0n) is 18.3. The minimum Gasteiger partial charge on any atom is -0.487 e. The maximum atomic E-state index is 14.7. The van der Waals surface area contributed by atoms with E-state index in [4.69, 9.17) is 9.47 Å². The third-order valence-electron chi connectivity index (χ3n) is 5.71. The zero-order valence-corrected chi connectivity index (χ0v) is 18.3. The number of carbonyl (C=O) groups is 2. The van der Waals surface area contributed by atoms with Crippen molar-refractivity contribution in [3.8, 4) is 17.2 Å². The van der Waals surface area contributed by atoms with Crippen LogP contribution in [0.3, 0.4) is 0 Å². The molecule has 9 heteroatoms. The van der Waals surface area contributed by atoms with E-state index in [2.05, 4.69) is 15.5 Å². The summed E-state index contributed by atoms with van der Waals surface area (Å²) in [6.45, 7) is 5.17. The molecule has 33 heavy (non-hydrogen) atoms. The predicted molar refractivity (Wildman–Crippen MR) is 118 cm³/mol. The molecule has 2 aromatic carbocycles. The molecular weight excluding hydrogens is 427 g/mol. The minimum atomic E-state index is -0.647. The number of carbonyl (C=O) groups excluding carboxylic acids is 2. The van der Waals surface area contributed by atoms with Gasteiger partial charge in [0.05, 0.1) is 11.8 Å². The fraction of sp³-hybridized carbons (Fsp3) is 0.292. The Balaban J connectivity index is 1.44. The van der Waals surface area contributed by atoms with E-state index in [0.717, 1.165) is 12.0 Å². The first-order chi connectivity index (χ1) is 15.8. The number of amides is 2. The van der Waals surface area contributed by atoms with Crippen LogP contribution < -0.4 is 14.8 Å². The highest BCUT2D eigenvalue weighted by atomic mass is 19.1. The SMILES string of the molecule is CC1(C)Cc2c(Oc3ccc(C(=O)N4CCC4)c(F)c3)cc(C(=O)Nc3ccn[nH]3)cc2O1. The fourth-order valence-electron chi connectivity index (χ4n) is 3.94. The van der Waals surface area contributed by atoms with Gasteiger partial charge in [-0.05, 0) is 44.5 Å². The Labute approximate surface area is 189 Å². The maximum absolute atomic E-state index is 14.7. The average molecular weight is 450 g/mol. The number of fused-ring (bicyclic) bond motifs is 1. The number of aromatic amines is 1. The van der Waals surface area contributed by atoms with Gasteiger partial charge in [-0.15, -0.1) is 0 Å². The van der Waals surface area contributed by atoms with Gasteiger partial charge in [0.2, 0.25) is 0 Å². The number of ether oxygens (including phenoxy) is 2. The molecule has 0 atom stereocenters. The molecule has 2 N–H and O–H groups in total. The standard InChI is InChI=1S/C24H23FN4O4/c1-24(2)13-17-19(10-14(11-20(17)33-24)22(30)27-21-6-7-26-28-21)32-15-4-5-16(18(25)12-15)23(31)29-8-3-9-29/h4-7,10-12H,3,8-9,13H2,1-2H3,(H2,26,27,28,30). The van der Waals surface area contributed by atoms with Gasteiger partial charge in [0.15, 0.2) is 0 Å². The molecule has 1 fully saturated rings. The van der Waals surface area contributed by atoms with E-state index in [1.54, 1.807) is 29.2 Å². The topological polar surface area (TPSA) is 96.5 Å². The van der Waals surface area contributed by atoms with Gasteiger partial charge < -0.3 is 19.7 Å². The van der Waals surface area contributed by atoms with E-state index in [0.29, 0.717) is 42.4 Å². The Morgan fingerprint density at radius 2 is 2.03 bits per heavy atom. The molecule has 0 aliphatic carbocycles. The molecule has 2 amide bonds. The third kappa shape index (κ3) is 4.13. The molecule has 2 aliphatic rings. The van der Waals surface area contributed by atoms with Crippen LogP contribution in [0.1, 0.15) is 46.5 Å². The third-order valence-corrected chi connectivity index (χ3v) is 5.71. The lowest BCUT2D eigenvalue weighted by atomic mass is 9.99. The van der Waals surface area contributed by atoms with Gasteiger partial charge in [0, 0.05) is 42.8 Å². The van der Waals surface area contributed by atoms with Gasteiger partial charge in [0.25, 0.3) is 11.8 Å². The lowest BCUT2D eigenvalue weighted by Crippen LogP contribution is -2.42. The van der Waals surface area contributed by atoms with E-state index < -0.39 is 11.4 Å². The average Bonchev–Trinajstić information content (AvgIpc) is 3.32. The summed E-state index contributed by atoms with van der Waals surface area (Å²) < 4.78 is 26.7. The lowest BCUT2D eigenvalue weighted by Gasteiger charge is -2.31. The Hall–Kier alpha value is -3.88. The van der Waals surface area contributed by atoms with Gasteiger partial charge in [-0.25, -0.2) is 4.39 Å². The number of rotatable bonds is 5. The molecule has 0 unspecified atom stereocenters. The number of likely N-dealkylation sites (tertiary alicyclic amines) is 1. The van der Waals surface area contributed by atoms with Crippen LogP contribution in [0, 0.1) is 5.82 Å². The molecule has 0 bridgehead atoms. The highest BCUT2D eigenvalue weighted by molar-refractivity contribution is 6.04. The Kier molecular flexibility index (Phi) is 5.03. The predicted octanol–water partition coefficient (Wildman–Crippen LogP) is 4.15. The number of hydrogen-bond acceptors (Lipinski definition) is 5. The van der Waals surface area contributed by atoms with E-state index in [9.17, 15) is 14.0 Å². The van der Waals surface area contributed by atoms with Crippen molar-refractivity contribution >= 4 is 17.6 Å². The highest BCUT2D eigenvalue weighted by Crippen LogP contribution is 2.43. The molecule has 8 nitrogen and oxygen atoms in total. The first-order valence-electron chi connectivity index (χ1n) is 10.7. The van der Waals surface area contributed by atoms with Crippen LogP contribution >= 0.6 is 0 Å². The number of nitrogens with zero attached hydrogens (tertiary/aromatic N) is 2. The first kappa shape index (κ1) is 21.0. The van der Waals surface area contributed by atoms with E-state index in [1.807, 2.05) is 13.8 Å². The van der Waals surface area contributed by atoms with Crippen molar-refractivity contribution in [1.29, 1.82) is 0 Å². The first-order valence-corrected chi connectivity index (χ1v) is 10.7. The summed E-state index contributed by atoms with van der Waals surface area (Å²) in [6, 6.07) is 9.08. The van der Waals surface area contributed by atoms with Gasteiger partial charge >= 0.3 is 0 Å².